The van der Waals surface area contributed by atoms with E-state index in [1.807, 2.05) is 0 Å². The van der Waals surface area contributed by atoms with E-state index in [1.54, 1.807) is 24.3 Å². The third kappa shape index (κ3) is 2.84. The van der Waals surface area contributed by atoms with Crippen LogP contribution in [0.4, 0.5) is 0 Å². The number of hydrogen-bond donors (Lipinski definition) is 1. The van der Waals surface area contributed by atoms with E-state index in [0.29, 0.717) is 11.1 Å². The van der Waals surface area contributed by atoms with Crippen LogP contribution in [0.2, 0.25) is 5.02 Å². The van der Waals surface area contributed by atoms with Gasteiger partial charge in [-0.05, 0) is 29.3 Å². The Morgan fingerprint density at radius 3 is 2.20 bits per heavy atom. The Hall–Kier alpha value is -1.85. The molecule has 104 valence electrons. The molecule has 20 heavy (non-hydrogen) atoms. The van der Waals surface area contributed by atoms with E-state index in [9.17, 15) is 18.3 Å². The van der Waals surface area contributed by atoms with Crippen molar-refractivity contribution in [2.45, 2.75) is 4.90 Å². The highest BCUT2D eigenvalue weighted by atomic mass is 35.5. The second-order valence-corrected chi connectivity index (χ2v) is 6.69. The maximum Gasteiger partial charge on any atom is 0.337 e. The van der Waals surface area contributed by atoms with Gasteiger partial charge in [0.25, 0.3) is 0 Å². The molecule has 6 heteroatoms. The molecule has 0 aromatic heterocycles. The smallest absolute Gasteiger partial charge is 0.337 e. The van der Waals surface area contributed by atoms with Gasteiger partial charge in [0.2, 0.25) is 0 Å². The molecule has 0 bridgehead atoms. The molecule has 0 fully saturated rings. The van der Waals surface area contributed by atoms with Crippen molar-refractivity contribution < 1.29 is 18.3 Å². The van der Waals surface area contributed by atoms with Gasteiger partial charge in [0.1, 0.15) is 0 Å². The topological polar surface area (TPSA) is 71.4 Å². The van der Waals surface area contributed by atoms with Gasteiger partial charge in [0, 0.05) is 6.26 Å². The first-order valence-electron chi connectivity index (χ1n) is 5.63. The highest BCUT2D eigenvalue weighted by Gasteiger charge is 2.16. The lowest BCUT2D eigenvalue weighted by atomic mass is 10.00. The van der Waals surface area contributed by atoms with Crippen LogP contribution in [0.25, 0.3) is 11.1 Å². The van der Waals surface area contributed by atoms with Crippen molar-refractivity contribution in [2.75, 3.05) is 6.26 Å². The van der Waals surface area contributed by atoms with E-state index in [1.165, 1.54) is 18.2 Å². The summed E-state index contributed by atoms with van der Waals surface area (Å²) in [6.07, 6.45) is 1.12. The lowest BCUT2D eigenvalue weighted by molar-refractivity contribution is 0.0698. The molecule has 0 spiro atoms. The Balaban J connectivity index is 2.58. The number of carbonyl (C=O) groups is 1. The maximum atomic E-state index is 11.4. The molecule has 2 rings (SSSR count). The number of aromatic carboxylic acids is 1. The summed E-state index contributed by atoms with van der Waals surface area (Å²) in [7, 11) is -3.28. The predicted molar refractivity (Wildman–Crippen MR) is 77.0 cm³/mol. The molecule has 0 aliphatic rings. The van der Waals surface area contributed by atoms with Crippen molar-refractivity contribution in [3.05, 3.63) is 53.1 Å². The summed E-state index contributed by atoms with van der Waals surface area (Å²) in [5.41, 5.74) is 1.05. The highest BCUT2D eigenvalue weighted by Crippen LogP contribution is 2.29. The fourth-order valence-corrected chi connectivity index (χ4v) is 2.75. The average Bonchev–Trinajstić information content (AvgIpc) is 2.37. The summed E-state index contributed by atoms with van der Waals surface area (Å²) >= 11 is 5.90. The Labute approximate surface area is 121 Å². The molecular weight excluding hydrogens is 300 g/mol. The van der Waals surface area contributed by atoms with Crippen molar-refractivity contribution in [3.63, 3.8) is 0 Å². The monoisotopic (exact) mass is 310 g/mol. The predicted octanol–water partition coefficient (Wildman–Crippen LogP) is 3.11. The number of rotatable bonds is 3. The van der Waals surface area contributed by atoms with Crippen molar-refractivity contribution >= 4 is 27.4 Å². The molecule has 0 aliphatic heterocycles. The summed E-state index contributed by atoms with van der Waals surface area (Å²) in [4.78, 5) is 11.4. The van der Waals surface area contributed by atoms with Crippen molar-refractivity contribution in [2.24, 2.45) is 0 Å². The van der Waals surface area contributed by atoms with Gasteiger partial charge in [-0.2, -0.15) is 0 Å². The first kappa shape index (κ1) is 14.6. The van der Waals surface area contributed by atoms with E-state index in [-0.39, 0.29) is 15.5 Å². The number of benzene rings is 2. The van der Waals surface area contributed by atoms with Crippen molar-refractivity contribution in [3.8, 4) is 11.1 Å². The second-order valence-electron chi connectivity index (χ2n) is 4.26. The zero-order valence-corrected chi connectivity index (χ0v) is 12.1. The first-order valence-corrected chi connectivity index (χ1v) is 7.90. The molecule has 0 saturated heterocycles. The van der Waals surface area contributed by atoms with Gasteiger partial charge in [-0.15, -0.1) is 0 Å². The quantitative estimate of drug-likeness (QED) is 0.945. The molecule has 4 nitrogen and oxygen atoms in total. The van der Waals surface area contributed by atoms with Crippen LogP contribution < -0.4 is 0 Å². The molecule has 2 aromatic carbocycles. The average molecular weight is 311 g/mol. The molecule has 0 saturated carbocycles. The number of carboxylic acids is 1. The third-order valence-corrected chi connectivity index (χ3v) is 4.26. The summed E-state index contributed by atoms with van der Waals surface area (Å²) in [5, 5.41) is 9.35. The van der Waals surface area contributed by atoms with Gasteiger partial charge < -0.3 is 5.11 Å². The fourth-order valence-electron chi connectivity index (χ4n) is 1.86. The zero-order chi connectivity index (χ0) is 14.9. The summed E-state index contributed by atoms with van der Waals surface area (Å²) in [6.45, 7) is 0. The molecule has 2 aromatic rings. The Bertz CT molecular complexity index is 764. The molecule has 0 unspecified atom stereocenters. The lowest BCUT2D eigenvalue weighted by Crippen LogP contribution is -2.01. The van der Waals surface area contributed by atoms with Gasteiger partial charge in [-0.3, -0.25) is 0 Å². The minimum Gasteiger partial charge on any atom is -0.478 e. The Morgan fingerprint density at radius 1 is 1.10 bits per heavy atom. The van der Waals surface area contributed by atoms with E-state index in [0.717, 1.165) is 6.26 Å². The zero-order valence-electron chi connectivity index (χ0n) is 10.5. The normalized spacial score (nSPS) is 11.3. The summed E-state index contributed by atoms with van der Waals surface area (Å²) in [5.74, 6) is -1.13. The maximum absolute atomic E-state index is 11.4. The van der Waals surface area contributed by atoms with Crippen LogP contribution in [-0.2, 0) is 9.84 Å². The van der Waals surface area contributed by atoms with Crippen LogP contribution in [0.1, 0.15) is 10.4 Å². The number of carboxylic acid groups (broad SMARTS) is 1. The number of hydrogen-bond acceptors (Lipinski definition) is 3. The van der Waals surface area contributed by atoms with Gasteiger partial charge in [0.05, 0.1) is 15.5 Å². The molecule has 0 heterocycles. The number of halogens is 1. The van der Waals surface area contributed by atoms with Gasteiger partial charge >= 0.3 is 5.97 Å². The lowest BCUT2D eigenvalue weighted by Gasteiger charge is -2.08. The largest absolute Gasteiger partial charge is 0.478 e. The minimum atomic E-state index is -3.28. The Morgan fingerprint density at radius 2 is 1.70 bits per heavy atom. The Kier molecular flexibility index (Phi) is 3.83. The van der Waals surface area contributed by atoms with Crippen LogP contribution in [0.15, 0.2) is 47.4 Å². The highest BCUT2D eigenvalue weighted by molar-refractivity contribution is 7.90. The van der Waals surface area contributed by atoms with E-state index < -0.39 is 15.8 Å². The van der Waals surface area contributed by atoms with Crippen molar-refractivity contribution in [1.82, 2.24) is 0 Å². The minimum absolute atomic E-state index is 0.00118. The van der Waals surface area contributed by atoms with Crippen molar-refractivity contribution in [1.29, 1.82) is 0 Å². The van der Waals surface area contributed by atoms with Crippen LogP contribution in [0.3, 0.4) is 0 Å². The fraction of sp³-hybridized carbons (Fsp3) is 0.0714. The van der Waals surface area contributed by atoms with Gasteiger partial charge in [-0.25, -0.2) is 13.2 Å². The first-order chi connectivity index (χ1) is 9.30. The third-order valence-electron chi connectivity index (χ3n) is 2.82. The van der Waals surface area contributed by atoms with Crippen LogP contribution in [0.5, 0.6) is 0 Å². The molecular formula is C14H11ClO4S. The van der Waals surface area contributed by atoms with Crippen LogP contribution >= 0.6 is 11.6 Å². The standard InChI is InChI=1S/C14H11ClO4S/c1-20(18,19)10-7-5-9(6-8-10)11-3-2-4-12(15)13(11)14(16)17/h2-8H,1H3,(H,16,17). The molecule has 0 amide bonds. The molecule has 0 radical (unpaired) electrons. The van der Waals surface area contributed by atoms with E-state index >= 15 is 0 Å². The summed E-state index contributed by atoms with van der Waals surface area (Å²) < 4.78 is 22.8. The van der Waals surface area contributed by atoms with Gasteiger partial charge in [0.15, 0.2) is 9.84 Å². The molecule has 0 atom stereocenters. The van der Waals surface area contributed by atoms with E-state index in [4.69, 9.17) is 11.6 Å². The molecule has 1 N–H and O–H groups in total. The van der Waals surface area contributed by atoms with Gasteiger partial charge in [-0.1, -0.05) is 35.9 Å². The number of sulfone groups is 1. The summed E-state index contributed by atoms with van der Waals surface area (Å²) in [6, 6.07) is 10.8. The van der Waals surface area contributed by atoms with Crippen LogP contribution in [0, 0.1) is 0 Å². The van der Waals surface area contributed by atoms with Crippen LogP contribution in [-0.4, -0.2) is 25.7 Å². The second kappa shape index (κ2) is 5.26. The van der Waals surface area contributed by atoms with E-state index in [2.05, 4.69) is 0 Å². The molecule has 0 aliphatic carbocycles. The SMILES string of the molecule is CS(=O)(=O)c1ccc(-c2cccc(Cl)c2C(=O)O)cc1.